The van der Waals surface area contributed by atoms with E-state index in [0.29, 0.717) is 39.6 Å². The molecular weight excluding hydrogens is 763 g/mol. The summed E-state index contributed by atoms with van der Waals surface area (Å²) in [6.45, 7) is 15.8. The Morgan fingerprint density at radius 1 is 0.393 bits per heavy atom. The summed E-state index contributed by atoms with van der Waals surface area (Å²) >= 11 is 0. The van der Waals surface area contributed by atoms with E-state index in [1.807, 2.05) is 0 Å². The van der Waals surface area contributed by atoms with Crippen LogP contribution in [0.15, 0.2) is 36.4 Å². The number of nitrogens with one attached hydrogen (secondary N) is 1. The first-order valence-corrected chi connectivity index (χ1v) is 24.0. The highest BCUT2D eigenvalue weighted by Gasteiger charge is 2.21. The van der Waals surface area contributed by atoms with E-state index in [0.717, 1.165) is 188 Å². The van der Waals surface area contributed by atoms with Crippen LogP contribution in [0.5, 0.6) is 34.5 Å². The average molecular weight is 845 g/mol. The van der Waals surface area contributed by atoms with Gasteiger partial charge in [0.1, 0.15) is 0 Å². The molecule has 340 valence electrons. The van der Waals surface area contributed by atoms with Crippen molar-refractivity contribution >= 4 is 38.3 Å². The number of nitrogens with zero attached hydrogens (tertiary/aromatic N) is 2. The Balaban J connectivity index is 1.92. The fraction of sp³-hybridized carbons (Fsp3) is 0.635. The second-order valence-corrected chi connectivity index (χ2v) is 16.9. The number of benzene rings is 4. The Labute approximate surface area is 369 Å². The first kappa shape index (κ1) is 49.4. The van der Waals surface area contributed by atoms with Crippen molar-refractivity contribution in [2.75, 3.05) is 74.4 Å². The molecule has 4 rings (SSSR count). The van der Waals surface area contributed by atoms with Gasteiger partial charge in [0.15, 0.2) is 34.5 Å². The molecule has 0 aliphatic heterocycles. The molecule has 0 aromatic heterocycles. The van der Waals surface area contributed by atoms with Crippen LogP contribution in [0, 0.1) is 0 Å². The van der Waals surface area contributed by atoms with Gasteiger partial charge < -0.3 is 28.4 Å². The molecule has 0 aliphatic rings. The third-order valence-corrected chi connectivity index (χ3v) is 11.1. The summed E-state index contributed by atoms with van der Waals surface area (Å²) in [5.41, 5.74) is 0. The Bertz CT molecular complexity index is 1870. The molecule has 1 N–H and O–H groups in total. The summed E-state index contributed by atoms with van der Waals surface area (Å²) < 4.78 is 41.7. The molecule has 9 nitrogen and oxygen atoms in total. The van der Waals surface area contributed by atoms with Crippen LogP contribution >= 0.6 is 0 Å². The lowest BCUT2D eigenvalue weighted by atomic mass is 9.93. The van der Waals surface area contributed by atoms with Crippen LogP contribution in [0.4, 0.5) is 0 Å². The summed E-state index contributed by atoms with van der Waals surface area (Å²) in [6.07, 6.45) is 18.2. The minimum Gasteiger partial charge on any atom is -0.490 e. The van der Waals surface area contributed by atoms with Gasteiger partial charge in [0.25, 0.3) is 0 Å². The minimum absolute atomic E-state index is 0.583. The number of unbranched alkanes of at least 4 members (excludes halogenated alkanes) is 11. The van der Waals surface area contributed by atoms with Gasteiger partial charge in [0.05, 0.1) is 74.4 Å². The van der Waals surface area contributed by atoms with Crippen molar-refractivity contribution in [1.29, 1.82) is 0 Å². The minimum atomic E-state index is 0.583. The lowest BCUT2D eigenvalue weighted by molar-refractivity contribution is -0.472. The quantitative estimate of drug-likeness (QED) is 0.0177. The molecule has 0 saturated heterocycles. The maximum absolute atomic E-state index is 6.69. The normalized spacial score (nSPS) is 11.3. The number of hydrogen-bond acceptors (Lipinski definition) is 6. The highest BCUT2D eigenvalue weighted by molar-refractivity contribution is 6.26. The van der Waals surface area contributed by atoms with Crippen LogP contribution in [0.2, 0.25) is 0 Å². The number of guanidine groups is 1. The van der Waals surface area contributed by atoms with Crippen LogP contribution in [0.1, 0.15) is 144 Å². The molecule has 61 heavy (non-hydrogen) atoms. The first-order chi connectivity index (χ1) is 29.8. The van der Waals surface area contributed by atoms with Gasteiger partial charge in [0, 0.05) is 0 Å². The molecule has 0 atom stereocenters. The van der Waals surface area contributed by atoms with Crippen LogP contribution in [-0.4, -0.2) is 89.8 Å². The summed E-state index contributed by atoms with van der Waals surface area (Å²) in [5.74, 6) is 5.78. The lowest BCUT2D eigenvalue weighted by Gasteiger charge is -2.21. The topological polar surface area (TPSA) is 73.7 Å². The summed E-state index contributed by atoms with van der Waals surface area (Å²) in [5, 5.41) is 10.1. The molecule has 0 fully saturated rings. The van der Waals surface area contributed by atoms with E-state index in [4.69, 9.17) is 28.4 Å². The zero-order valence-electron chi connectivity index (χ0n) is 39.8. The fourth-order valence-corrected chi connectivity index (χ4v) is 7.69. The number of hydrogen-bond donors (Lipinski definition) is 1. The van der Waals surface area contributed by atoms with E-state index in [1.54, 1.807) is 0 Å². The molecule has 9 heteroatoms. The number of fused-ring (bicyclic) bond motifs is 6. The Morgan fingerprint density at radius 2 is 0.623 bits per heavy atom. The van der Waals surface area contributed by atoms with Crippen molar-refractivity contribution in [3.05, 3.63) is 36.4 Å². The standard InChI is InChI=1S/C52H81N3O6/c1-10-15-21-28-56-46-34-40-41-35-47(57-29-22-16-11-2)49(59-31-24-18-13-4)37-43(41)45-39-51(61-33-26-20-27-53-52(54(6)7)55(8)9)50(60-32-25-19-14-5)38-44(45)42(40)36-48(46)58-30-23-17-12-3/h34-39H,10-33H2,1-9H3/p+1. The van der Waals surface area contributed by atoms with E-state index in [1.165, 1.54) is 0 Å². The van der Waals surface area contributed by atoms with E-state index in [2.05, 4.69) is 114 Å². The lowest BCUT2D eigenvalue weighted by Crippen LogP contribution is -2.42. The molecule has 0 radical (unpaired) electrons. The summed E-state index contributed by atoms with van der Waals surface area (Å²) in [6, 6.07) is 13.2. The Hall–Kier alpha value is -4.27. The number of ether oxygens (including phenoxy) is 6. The van der Waals surface area contributed by atoms with Gasteiger partial charge in [-0.1, -0.05) is 98.8 Å². The molecule has 0 spiro atoms. The van der Waals surface area contributed by atoms with Crippen LogP contribution in [0.3, 0.4) is 0 Å². The van der Waals surface area contributed by atoms with Crippen molar-refractivity contribution in [3.63, 3.8) is 0 Å². The fourth-order valence-electron chi connectivity index (χ4n) is 7.69. The average Bonchev–Trinajstić information content (AvgIpc) is 3.25. The second kappa shape index (κ2) is 27.6. The molecule has 4 aromatic rings. The van der Waals surface area contributed by atoms with Crippen molar-refractivity contribution in [1.82, 2.24) is 10.2 Å². The van der Waals surface area contributed by atoms with Crippen molar-refractivity contribution in [2.24, 2.45) is 0 Å². The van der Waals surface area contributed by atoms with Crippen LogP contribution in [-0.2, 0) is 0 Å². The number of rotatable bonds is 31. The molecule has 0 unspecified atom stereocenters. The zero-order valence-corrected chi connectivity index (χ0v) is 39.8. The summed E-state index contributed by atoms with van der Waals surface area (Å²) in [7, 11) is 8.25. The summed E-state index contributed by atoms with van der Waals surface area (Å²) in [4.78, 5) is 2.11. The predicted molar refractivity (Wildman–Crippen MR) is 258 cm³/mol. The molecule has 0 amide bonds. The monoisotopic (exact) mass is 845 g/mol. The van der Waals surface area contributed by atoms with E-state index in [9.17, 15) is 0 Å². The van der Waals surface area contributed by atoms with Crippen molar-refractivity contribution in [2.45, 2.75) is 144 Å². The molecule has 0 saturated carbocycles. The zero-order chi connectivity index (χ0) is 43.8. The second-order valence-electron chi connectivity index (χ2n) is 16.9. The van der Waals surface area contributed by atoms with Gasteiger partial charge in [0.2, 0.25) is 0 Å². The maximum Gasteiger partial charge on any atom is 0.347 e. The third kappa shape index (κ3) is 15.2. The van der Waals surface area contributed by atoms with Gasteiger partial charge in [-0.3, -0.25) is 14.8 Å². The van der Waals surface area contributed by atoms with Gasteiger partial charge in [-0.05, 0) is 114 Å². The van der Waals surface area contributed by atoms with Gasteiger partial charge >= 0.3 is 5.96 Å². The van der Waals surface area contributed by atoms with Crippen molar-refractivity contribution < 1.29 is 33.0 Å². The molecule has 0 heterocycles. The Morgan fingerprint density at radius 3 is 0.820 bits per heavy atom. The van der Waals surface area contributed by atoms with Crippen molar-refractivity contribution in [3.8, 4) is 34.5 Å². The maximum atomic E-state index is 6.69. The highest BCUT2D eigenvalue weighted by Crippen LogP contribution is 2.47. The van der Waals surface area contributed by atoms with E-state index < -0.39 is 0 Å². The van der Waals surface area contributed by atoms with Gasteiger partial charge in [-0.15, -0.1) is 0 Å². The largest absolute Gasteiger partial charge is 0.490 e. The van der Waals surface area contributed by atoms with E-state index >= 15 is 0 Å². The Kier molecular flexibility index (Phi) is 22.4. The smallest absolute Gasteiger partial charge is 0.347 e. The molecule has 0 bridgehead atoms. The van der Waals surface area contributed by atoms with Gasteiger partial charge in [-0.2, -0.15) is 0 Å². The van der Waals surface area contributed by atoms with Crippen LogP contribution < -0.4 is 33.7 Å². The predicted octanol–water partition coefficient (Wildman–Crippen LogP) is 12.9. The molecular formula is C52H82N3O6+. The van der Waals surface area contributed by atoms with E-state index in [-0.39, 0.29) is 0 Å². The van der Waals surface area contributed by atoms with Crippen LogP contribution in [0.25, 0.3) is 32.3 Å². The SMILES string of the molecule is CCCCCOc1cc2c3cc(OCCCCC)c(OCCCCC)cc3c3cc(OCCCCNC(N(C)C)=[N+](C)C)c(OCCCCC)cc3c2cc1OCCCCC. The first-order valence-electron chi connectivity index (χ1n) is 24.0. The highest BCUT2D eigenvalue weighted by atomic mass is 16.5. The van der Waals surface area contributed by atoms with Gasteiger partial charge in [-0.25, -0.2) is 0 Å². The molecule has 0 aliphatic carbocycles. The molecule has 4 aromatic carbocycles. The third-order valence-electron chi connectivity index (χ3n) is 11.1.